The monoisotopic (exact) mass is 541 g/mol. The zero-order valence-electron chi connectivity index (χ0n) is 19.0. The number of sulfonamides is 1. The summed E-state index contributed by atoms with van der Waals surface area (Å²) in [5.74, 6) is -3.18. The summed E-state index contributed by atoms with van der Waals surface area (Å²) in [7, 11) is -4.68. The highest BCUT2D eigenvalue weighted by atomic mass is 32.2. The predicted octanol–water partition coefficient (Wildman–Crippen LogP) is 5.74. The van der Waals surface area contributed by atoms with E-state index in [1.807, 2.05) is 4.72 Å². The van der Waals surface area contributed by atoms with Crippen LogP contribution in [0.3, 0.4) is 0 Å². The fraction of sp³-hybridized carbons (Fsp3) is 0.0400. The number of hydrogen-bond donors (Lipinski definition) is 2. The number of anilines is 1. The highest BCUT2D eigenvalue weighted by molar-refractivity contribution is 7.92. The minimum atomic E-state index is -4.68. The lowest BCUT2D eigenvalue weighted by Crippen LogP contribution is -2.21. The van der Waals surface area contributed by atoms with Gasteiger partial charge in [0.1, 0.15) is 27.9 Å². The van der Waals surface area contributed by atoms with Gasteiger partial charge in [-0.15, -0.1) is 24.5 Å². The molecule has 0 amide bonds. The standard InChI is InChI=1S/C25H18F3N5O2S2/c1-3-25(4-2,13-29)24-32-22(23(36-24)19-10-11-30-14-31-19)16-6-5-7-18(21(16)28)33-37(34,35)20-12-15(26)8-9-17(20)27/h3-14,29,33H,1-2H2. The van der Waals surface area contributed by atoms with Crippen LogP contribution < -0.4 is 4.72 Å². The Balaban J connectivity index is 1.88. The first-order valence-corrected chi connectivity index (χ1v) is 12.8. The van der Waals surface area contributed by atoms with Gasteiger partial charge in [-0.05, 0) is 36.4 Å². The fourth-order valence-electron chi connectivity index (χ4n) is 3.40. The summed E-state index contributed by atoms with van der Waals surface area (Å²) in [5.41, 5.74) is -1.22. The quantitative estimate of drug-likeness (QED) is 0.207. The minimum absolute atomic E-state index is 0.0944. The average Bonchev–Trinajstić information content (AvgIpc) is 3.34. The van der Waals surface area contributed by atoms with Crippen LogP contribution in [-0.4, -0.2) is 29.6 Å². The highest BCUT2D eigenvalue weighted by Gasteiger charge is 2.31. The smallest absolute Gasteiger partial charge is 0.265 e. The SMILES string of the molecule is C=CC(C=C)(C=N)c1nc(-c2cccc(NS(=O)(=O)c3cc(F)ccc3F)c2F)c(-c2ccncn2)s1. The van der Waals surface area contributed by atoms with Crippen molar-refractivity contribution in [1.29, 1.82) is 5.41 Å². The molecule has 188 valence electrons. The zero-order chi connectivity index (χ0) is 26.8. The molecule has 2 aromatic carbocycles. The van der Waals surface area contributed by atoms with Gasteiger partial charge in [0, 0.05) is 18.0 Å². The second kappa shape index (κ2) is 10.1. The fourth-order valence-corrected chi connectivity index (χ4v) is 5.76. The summed E-state index contributed by atoms with van der Waals surface area (Å²) in [6, 6.07) is 7.42. The van der Waals surface area contributed by atoms with Gasteiger partial charge in [0.05, 0.1) is 27.4 Å². The molecule has 0 saturated heterocycles. The van der Waals surface area contributed by atoms with Gasteiger partial charge in [0.2, 0.25) is 0 Å². The molecule has 2 heterocycles. The minimum Gasteiger partial charge on any atom is -0.311 e. The second-order valence-corrected chi connectivity index (χ2v) is 10.3. The Labute approximate surface area is 214 Å². The third kappa shape index (κ3) is 4.80. The molecule has 0 aliphatic rings. The summed E-state index contributed by atoms with van der Waals surface area (Å²) in [4.78, 5) is 12.1. The van der Waals surface area contributed by atoms with Crippen molar-refractivity contribution in [2.24, 2.45) is 0 Å². The van der Waals surface area contributed by atoms with E-state index in [9.17, 15) is 17.2 Å². The molecular weight excluding hydrogens is 523 g/mol. The lowest BCUT2D eigenvalue weighted by atomic mass is 9.91. The van der Waals surface area contributed by atoms with Gasteiger partial charge in [0.25, 0.3) is 10.0 Å². The Morgan fingerprint density at radius 2 is 1.84 bits per heavy atom. The molecule has 4 aromatic rings. The van der Waals surface area contributed by atoms with E-state index in [0.717, 1.165) is 29.7 Å². The number of allylic oxidation sites excluding steroid dienone is 2. The first-order valence-electron chi connectivity index (χ1n) is 10.5. The van der Waals surface area contributed by atoms with Crippen LogP contribution >= 0.6 is 11.3 Å². The van der Waals surface area contributed by atoms with Crippen molar-refractivity contribution < 1.29 is 21.6 Å². The highest BCUT2D eigenvalue weighted by Crippen LogP contribution is 2.42. The van der Waals surface area contributed by atoms with Crippen LogP contribution in [0.2, 0.25) is 0 Å². The first kappa shape index (κ1) is 25.9. The van der Waals surface area contributed by atoms with E-state index in [1.165, 1.54) is 36.8 Å². The van der Waals surface area contributed by atoms with Crippen molar-refractivity contribution in [1.82, 2.24) is 15.0 Å². The van der Waals surface area contributed by atoms with E-state index in [0.29, 0.717) is 27.7 Å². The maximum Gasteiger partial charge on any atom is 0.265 e. The molecular formula is C25H18F3N5O2S2. The lowest BCUT2D eigenvalue weighted by Gasteiger charge is -2.17. The predicted molar refractivity (Wildman–Crippen MR) is 137 cm³/mol. The zero-order valence-corrected chi connectivity index (χ0v) is 20.6. The van der Waals surface area contributed by atoms with E-state index in [2.05, 4.69) is 28.1 Å². The Hall–Kier alpha value is -4.16. The number of thiazole rings is 1. The Bertz CT molecular complexity index is 1600. The van der Waals surface area contributed by atoms with Crippen molar-refractivity contribution in [3.8, 4) is 21.8 Å². The average molecular weight is 542 g/mol. The number of benzene rings is 2. The van der Waals surface area contributed by atoms with E-state index in [4.69, 9.17) is 5.41 Å². The van der Waals surface area contributed by atoms with Crippen LogP contribution in [0.25, 0.3) is 21.8 Å². The number of halogens is 3. The molecule has 0 saturated carbocycles. The first-order chi connectivity index (χ1) is 17.7. The van der Waals surface area contributed by atoms with Crippen molar-refractivity contribution in [3.63, 3.8) is 0 Å². The number of rotatable bonds is 9. The maximum absolute atomic E-state index is 15.8. The van der Waals surface area contributed by atoms with Crippen molar-refractivity contribution >= 4 is 33.3 Å². The molecule has 12 heteroatoms. The molecule has 0 radical (unpaired) electrons. The summed E-state index contributed by atoms with van der Waals surface area (Å²) >= 11 is 1.12. The van der Waals surface area contributed by atoms with Crippen LogP contribution in [0.1, 0.15) is 5.01 Å². The third-order valence-corrected chi connectivity index (χ3v) is 8.03. The number of hydrogen-bond acceptors (Lipinski definition) is 7. The van der Waals surface area contributed by atoms with E-state index < -0.39 is 43.5 Å². The third-order valence-electron chi connectivity index (χ3n) is 5.41. The summed E-state index contributed by atoms with van der Waals surface area (Å²) in [6.07, 6.45) is 6.82. The van der Waals surface area contributed by atoms with Crippen LogP contribution in [0.4, 0.5) is 18.9 Å². The van der Waals surface area contributed by atoms with E-state index in [-0.39, 0.29) is 11.3 Å². The molecule has 0 aliphatic heterocycles. The molecule has 7 nitrogen and oxygen atoms in total. The molecule has 0 aliphatic carbocycles. The van der Waals surface area contributed by atoms with Gasteiger partial charge >= 0.3 is 0 Å². The van der Waals surface area contributed by atoms with Crippen molar-refractivity contribution in [3.05, 3.63) is 103 Å². The van der Waals surface area contributed by atoms with Gasteiger partial charge in [0.15, 0.2) is 5.82 Å². The summed E-state index contributed by atoms with van der Waals surface area (Å²) in [5, 5.41) is 8.24. The maximum atomic E-state index is 15.8. The van der Waals surface area contributed by atoms with Gasteiger partial charge < -0.3 is 5.41 Å². The normalized spacial score (nSPS) is 11.6. The molecule has 2 N–H and O–H groups in total. The lowest BCUT2D eigenvalue weighted by molar-refractivity contribution is 0.555. The van der Waals surface area contributed by atoms with Gasteiger partial charge in [-0.25, -0.2) is 36.5 Å². The summed E-state index contributed by atoms with van der Waals surface area (Å²) < 4.78 is 71.0. The van der Waals surface area contributed by atoms with Gasteiger partial charge in [-0.3, -0.25) is 4.72 Å². The Morgan fingerprint density at radius 1 is 1.08 bits per heavy atom. The molecule has 0 fully saturated rings. The number of aromatic nitrogens is 3. The van der Waals surface area contributed by atoms with Gasteiger partial charge in [-0.1, -0.05) is 18.2 Å². The Kier molecular flexibility index (Phi) is 7.05. The number of nitrogens with one attached hydrogen (secondary N) is 2. The number of nitrogens with zero attached hydrogens (tertiary/aromatic N) is 3. The van der Waals surface area contributed by atoms with E-state index >= 15 is 4.39 Å². The van der Waals surface area contributed by atoms with Gasteiger partial charge in [-0.2, -0.15) is 0 Å². The van der Waals surface area contributed by atoms with E-state index in [1.54, 1.807) is 6.07 Å². The van der Waals surface area contributed by atoms with Crippen molar-refractivity contribution in [2.45, 2.75) is 10.3 Å². The molecule has 0 unspecified atom stereocenters. The molecule has 37 heavy (non-hydrogen) atoms. The molecule has 2 aromatic heterocycles. The topological polar surface area (TPSA) is 109 Å². The van der Waals surface area contributed by atoms with Crippen molar-refractivity contribution in [2.75, 3.05) is 4.72 Å². The second-order valence-electron chi connectivity index (χ2n) is 7.62. The van der Waals surface area contributed by atoms with Crippen LogP contribution in [0, 0.1) is 22.9 Å². The summed E-state index contributed by atoms with van der Waals surface area (Å²) in [6.45, 7) is 7.52. The van der Waals surface area contributed by atoms with Crippen LogP contribution in [0.15, 0.2) is 85.2 Å². The molecule has 0 atom stereocenters. The molecule has 0 spiro atoms. The van der Waals surface area contributed by atoms with Crippen LogP contribution in [-0.2, 0) is 15.4 Å². The Morgan fingerprint density at radius 3 is 2.49 bits per heavy atom. The largest absolute Gasteiger partial charge is 0.311 e. The molecule has 4 rings (SSSR count). The van der Waals surface area contributed by atoms with Crippen LogP contribution in [0.5, 0.6) is 0 Å². The molecule has 0 bridgehead atoms.